The fourth-order valence-corrected chi connectivity index (χ4v) is 3.48. The maximum atomic E-state index is 12.3. The lowest BCUT2D eigenvalue weighted by atomic mass is 10.1. The van der Waals surface area contributed by atoms with Crippen molar-refractivity contribution < 1.29 is 9.53 Å². The van der Waals surface area contributed by atoms with Crippen LogP contribution in [-0.2, 0) is 0 Å². The van der Waals surface area contributed by atoms with E-state index in [0.717, 1.165) is 27.2 Å². The van der Waals surface area contributed by atoms with E-state index in [9.17, 15) is 4.79 Å². The molecule has 0 bridgehead atoms. The van der Waals surface area contributed by atoms with Gasteiger partial charge in [-0.25, -0.2) is 4.98 Å². The summed E-state index contributed by atoms with van der Waals surface area (Å²) < 4.78 is 5.18. The summed E-state index contributed by atoms with van der Waals surface area (Å²) >= 11 is 1.33. The largest absolute Gasteiger partial charge is 0.497 e. The van der Waals surface area contributed by atoms with Crippen LogP contribution >= 0.6 is 11.3 Å². The molecule has 3 rings (SSSR count). The molecule has 0 aliphatic rings. The molecule has 0 unspecified atom stereocenters. The van der Waals surface area contributed by atoms with Crippen LogP contribution in [0, 0.1) is 5.92 Å². The summed E-state index contributed by atoms with van der Waals surface area (Å²) in [6, 6.07) is 11.6. The third-order valence-electron chi connectivity index (χ3n) is 3.86. The average molecular weight is 355 g/mol. The number of hydrogen-bond acceptors (Lipinski definition) is 5. The second-order valence-electron chi connectivity index (χ2n) is 6.23. The van der Waals surface area contributed by atoms with Crippen LogP contribution in [0.2, 0.25) is 0 Å². The Morgan fingerprint density at radius 3 is 2.60 bits per heavy atom. The number of carbonyl (C=O) groups excluding carboxylic acids is 1. The Bertz CT molecular complexity index is 901. The SMILES string of the molecule is COc1ccc(-c2ccc3c(N)c(C(=O)NCC(C)C)sc3n2)cc1. The predicted octanol–water partition coefficient (Wildman–Crippen LogP) is 3.94. The molecule has 6 heteroatoms. The number of pyridine rings is 1. The van der Waals surface area contributed by atoms with Gasteiger partial charge < -0.3 is 15.8 Å². The van der Waals surface area contributed by atoms with Crippen molar-refractivity contribution in [2.75, 3.05) is 19.4 Å². The molecular weight excluding hydrogens is 334 g/mol. The number of nitrogen functional groups attached to an aromatic ring is 1. The second-order valence-corrected chi connectivity index (χ2v) is 7.23. The van der Waals surface area contributed by atoms with Gasteiger partial charge in [-0.1, -0.05) is 13.8 Å². The normalized spacial score (nSPS) is 11.0. The van der Waals surface area contributed by atoms with Crippen LogP contribution < -0.4 is 15.8 Å². The van der Waals surface area contributed by atoms with Gasteiger partial charge in [0, 0.05) is 17.5 Å². The van der Waals surface area contributed by atoms with Crippen LogP contribution in [0.15, 0.2) is 36.4 Å². The molecular formula is C19H21N3O2S. The van der Waals surface area contributed by atoms with Crippen LogP contribution in [0.3, 0.4) is 0 Å². The second kappa shape index (κ2) is 7.11. The highest BCUT2D eigenvalue weighted by Gasteiger charge is 2.17. The lowest BCUT2D eigenvalue weighted by Crippen LogP contribution is -2.27. The molecule has 1 amide bonds. The number of thiophene rings is 1. The van der Waals surface area contributed by atoms with Gasteiger partial charge in [0.05, 0.1) is 18.5 Å². The highest BCUT2D eigenvalue weighted by Crippen LogP contribution is 2.34. The maximum absolute atomic E-state index is 12.3. The number of benzene rings is 1. The number of fused-ring (bicyclic) bond motifs is 1. The molecule has 0 aliphatic carbocycles. The fourth-order valence-electron chi connectivity index (χ4n) is 2.47. The van der Waals surface area contributed by atoms with Gasteiger partial charge >= 0.3 is 0 Å². The number of aromatic nitrogens is 1. The molecule has 0 radical (unpaired) electrons. The molecule has 5 nitrogen and oxygen atoms in total. The van der Waals surface area contributed by atoms with Crippen LogP contribution in [0.4, 0.5) is 5.69 Å². The first-order valence-corrected chi connectivity index (χ1v) is 8.93. The van der Waals surface area contributed by atoms with Crippen molar-refractivity contribution in [2.45, 2.75) is 13.8 Å². The summed E-state index contributed by atoms with van der Waals surface area (Å²) in [6.07, 6.45) is 0. The number of carbonyl (C=O) groups is 1. The molecule has 0 atom stereocenters. The van der Waals surface area contributed by atoms with Gasteiger partial charge in [-0.15, -0.1) is 11.3 Å². The topological polar surface area (TPSA) is 77.2 Å². The number of hydrogen-bond donors (Lipinski definition) is 2. The molecule has 0 saturated carbocycles. The van der Waals surface area contributed by atoms with Gasteiger partial charge in [0.15, 0.2) is 0 Å². The van der Waals surface area contributed by atoms with E-state index in [1.165, 1.54) is 11.3 Å². The van der Waals surface area contributed by atoms with Gasteiger partial charge in [0.2, 0.25) is 0 Å². The lowest BCUT2D eigenvalue weighted by molar-refractivity contribution is 0.0954. The molecule has 0 aliphatic heterocycles. The van der Waals surface area contributed by atoms with Crippen molar-refractivity contribution in [3.05, 3.63) is 41.3 Å². The lowest BCUT2D eigenvalue weighted by Gasteiger charge is -2.06. The average Bonchev–Trinajstić information content (AvgIpc) is 2.96. The summed E-state index contributed by atoms with van der Waals surface area (Å²) in [4.78, 5) is 18.3. The highest BCUT2D eigenvalue weighted by molar-refractivity contribution is 7.21. The zero-order valence-corrected chi connectivity index (χ0v) is 15.3. The third-order valence-corrected chi connectivity index (χ3v) is 4.97. The van der Waals surface area contributed by atoms with Gasteiger partial charge in [-0.3, -0.25) is 4.79 Å². The monoisotopic (exact) mass is 355 g/mol. The number of nitrogens with one attached hydrogen (secondary N) is 1. The van der Waals surface area contributed by atoms with E-state index in [-0.39, 0.29) is 5.91 Å². The maximum Gasteiger partial charge on any atom is 0.263 e. The third kappa shape index (κ3) is 3.58. The van der Waals surface area contributed by atoms with E-state index in [2.05, 4.69) is 24.1 Å². The summed E-state index contributed by atoms with van der Waals surface area (Å²) in [5.74, 6) is 1.05. The zero-order valence-electron chi connectivity index (χ0n) is 14.5. The minimum atomic E-state index is -0.139. The Balaban J connectivity index is 1.93. The Hall–Kier alpha value is -2.60. The Labute approximate surface area is 150 Å². The van der Waals surface area contributed by atoms with Crippen molar-refractivity contribution in [1.29, 1.82) is 0 Å². The van der Waals surface area contributed by atoms with E-state index in [4.69, 9.17) is 10.5 Å². The van der Waals surface area contributed by atoms with E-state index >= 15 is 0 Å². The number of methoxy groups -OCH3 is 1. The van der Waals surface area contributed by atoms with Crippen molar-refractivity contribution in [3.8, 4) is 17.0 Å². The number of amides is 1. The van der Waals surface area contributed by atoms with E-state index < -0.39 is 0 Å². The highest BCUT2D eigenvalue weighted by atomic mass is 32.1. The minimum absolute atomic E-state index is 0.139. The van der Waals surface area contributed by atoms with Crippen LogP contribution in [0.5, 0.6) is 5.75 Å². The molecule has 25 heavy (non-hydrogen) atoms. The molecule has 2 aromatic heterocycles. The number of nitrogens with two attached hydrogens (primary N) is 1. The van der Waals surface area contributed by atoms with Gasteiger partial charge in [-0.05, 0) is 42.3 Å². The van der Waals surface area contributed by atoms with E-state index in [1.54, 1.807) is 7.11 Å². The van der Waals surface area contributed by atoms with Gasteiger partial charge in [-0.2, -0.15) is 0 Å². The van der Waals surface area contributed by atoms with E-state index in [0.29, 0.717) is 23.0 Å². The summed E-state index contributed by atoms with van der Waals surface area (Å²) in [6.45, 7) is 4.73. The summed E-state index contributed by atoms with van der Waals surface area (Å²) in [5.41, 5.74) is 8.49. The summed E-state index contributed by atoms with van der Waals surface area (Å²) in [7, 11) is 1.64. The summed E-state index contributed by atoms with van der Waals surface area (Å²) in [5, 5.41) is 3.73. The molecule has 1 aromatic carbocycles. The van der Waals surface area contributed by atoms with Gasteiger partial charge in [0.1, 0.15) is 15.5 Å². The van der Waals surface area contributed by atoms with Crippen molar-refractivity contribution in [3.63, 3.8) is 0 Å². The predicted molar refractivity (Wildman–Crippen MR) is 103 cm³/mol. The molecule has 0 spiro atoms. The van der Waals surface area contributed by atoms with Crippen molar-refractivity contribution in [2.24, 2.45) is 5.92 Å². The molecule has 0 fully saturated rings. The molecule has 130 valence electrons. The van der Waals surface area contributed by atoms with Gasteiger partial charge in [0.25, 0.3) is 5.91 Å². The minimum Gasteiger partial charge on any atom is -0.497 e. The first kappa shape index (κ1) is 17.2. The number of anilines is 1. The van der Waals surface area contributed by atoms with Crippen molar-refractivity contribution >= 4 is 33.1 Å². The molecule has 3 N–H and O–H groups in total. The molecule has 0 saturated heterocycles. The smallest absolute Gasteiger partial charge is 0.263 e. The Morgan fingerprint density at radius 1 is 1.24 bits per heavy atom. The molecule has 2 heterocycles. The number of rotatable bonds is 5. The quantitative estimate of drug-likeness (QED) is 0.727. The van der Waals surface area contributed by atoms with Crippen molar-refractivity contribution in [1.82, 2.24) is 10.3 Å². The van der Waals surface area contributed by atoms with Crippen LogP contribution in [0.1, 0.15) is 23.5 Å². The zero-order chi connectivity index (χ0) is 18.0. The molecule has 3 aromatic rings. The first-order chi connectivity index (χ1) is 12.0. The van der Waals surface area contributed by atoms with E-state index in [1.807, 2.05) is 36.4 Å². The Kier molecular flexibility index (Phi) is 4.90. The van der Waals surface area contributed by atoms with Crippen LogP contribution in [0.25, 0.3) is 21.5 Å². The fraction of sp³-hybridized carbons (Fsp3) is 0.263. The Morgan fingerprint density at radius 2 is 1.96 bits per heavy atom. The number of ether oxygens (including phenoxy) is 1. The first-order valence-electron chi connectivity index (χ1n) is 8.11. The van der Waals surface area contributed by atoms with Crippen LogP contribution in [-0.4, -0.2) is 24.5 Å². The number of nitrogens with zero attached hydrogens (tertiary/aromatic N) is 1. The standard InChI is InChI=1S/C19H21N3O2S/c1-11(2)10-21-18(23)17-16(20)14-8-9-15(22-19(14)25-17)12-4-6-13(24-3)7-5-12/h4-9,11H,10,20H2,1-3H3,(H,21,23).